The van der Waals surface area contributed by atoms with Crippen molar-refractivity contribution in [3.05, 3.63) is 88.1 Å². The molecule has 0 unspecified atom stereocenters. The summed E-state index contributed by atoms with van der Waals surface area (Å²) < 4.78 is 129. The zero-order valence-corrected chi connectivity index (χ0v) is 20.8. The molecule has 0 atom stereocenters. The van der Waals surface area contributed by atoms with E-state index in [0.717, 1.165) is 19.2 Å². The van der Waals surface area contributed by atoms with Crippen molar-refractivity contribution in [3.63, 3.8) is 0 Å². The van der Waals surface area contributed by atoms with Gasteiger partial charge in [-0.05, 0) is 53.6 Å². The standard InChI is InChI=1S/C26H16ClF9N2O2/c1-38-22(19-7-6-18(11-20(19)39)40-12-13-2-4-17(27)5-3-13)21(23(37-38)26(34,35)36)14-8-15(24(28,29)30)10-16(9-14)25(31,32)33/h2-11,39H,12H2,1H3. The lowest BCUT2D eigenvalue weighted by Gasteiger charge is -2.16. The molecule has 0 fully saturated rings. The quantitative estimate of drug-likeness (QED) is 0.235. The van der Waals surface area contributed by atoms with Crippen LogP contribution in [0.4, 0.5) is 39.5 Å². The van der Waals surface area contributed by atoms with Gasteiger partial charge in [-0.3, -0.25) is 4.68 Å². The normalized spacial score (nSPS) is 12.6. The zero-order chi connectivity index (χ0) is 29.6. The monoisotopic (exact) mass is 594 g/mol. The van der Waals surface area contributed by atoms with Gasteiger partial charge >= 0.3 is 18.5 Å². The van der Waals surface area contributed by atoms with E-state index in [-0.39, 0.29) is 36.1 Å². The Hall–Kier alpha value is -3.87. The minimum Gasteiger partial charge on any atom is -0.507 e. The molecule has 4 rings (SSSR count). The molecule has 212 valence electrons. The van der Waals surface area contributed by atoms with Crippen molar-refractivity contribution in [2.24, 2.45) is 7.05 Å². The van der Waals surface area contributed by atoms with E-state index in [2.05, 4.69) is 5.10 Å². The molecule has 40 heavy (non-hydrogen) atoms. The molecule has 1 N–H and O–H groups in total. The van der Waals surface area contributed by atoms with Crippen molar-refractivity contribution < 1.29 is 49.4 Å². The van der Waals surface area contributed by atoms with Crippen LogP contribution in [0.1, 0.15) is 22.4 Å². The summed E-state index contributed by atoms with van der Waals surface area (Å²) >= 11 is 5.82. The number of ether oxygens (including phenoxy) is 1. The summed E-state index contributed by atoms with van der Waals surface area (Å²) in [6.45, 7) is 0.0234. The van der Waals surface area contributed by atoms with Crippen LogP contribution >= 0.6 is 11.6 Å². The fraction of sp³-hybridized carbons (Fsp3) is 0.192. The maximum Gasteiger partial charge on any atom is 0.435 e. The van der Waals surface area contributed by atoms with Gasteiger partial charge in [0.25, 0.3) is 0 Å². The Labute approximate surface area is 225 Å². The van der Waals surface area contributed by atoms with Crippen molar-refractivity contribution in [3.8, 4) is 33.9 Å². The molecule has 4 aromatic rings. The highest BCUT2D eigenvalue weighted by Crippen LogP contribution is 2.47. The zero-order valence-electron chi connectivity index (χ0n) is 20.0. The lowest BCUT2D eigenvalue weighted by molar-refractivity contribution is -0.143. The number of benzene rings is 3. The molecule has 0 saturated carbocycles. The highest BCUT2D eigenvalue weighted by molar-refractivity contribution is 6.30. The van der Waals surface area contributed by atoms with Gasteiger partial charge in [-0.15, -0.1) is 0 Å². The van der Waals surface area contributed by atoms with Crippen LogP contribution in [-0.2, 0) is 32.2 Å². The van der Waals surface area contributed by atoms with Crippen LogP contribution < -0.4 is 4.74 Å². The van der Waals surface area contributed by atoms with Gasteiger partial charge in [-0.25, -0.2) is 0 Å². The Balaban J connectivity index is 1.86. The summed E-state index contributed by atoms with van der Waals surface area (Å²) in [6, 6.07) is 10.1. The first kappa shape index (κ1) is 29.1. The number of aryl methyl sites for hydroxylation is 1. The average Bonchev–Trinajstić information content (AvgIpc) is 3.20. The van der Waals surface area contributed by atoms with E-state index < -0.39 is 57.9 Å². The number of aromatic nitrogens is 2. The van der Waals surface area contributed by atoms with Crippen molar-refractivity contribution in [2.75, 3.05) is 0 Å². The second-order valence-electron chi connectivity index (χ2n) is 8.58. The second-order valence-corrected chi connectivity index (χ2v) is 9.02. The Morgan fingerprint density at radius 1 is 0.800 bits per heavy atom. The number of rotatable bonds is 5. The highest BCUT2D eigenvalue weighted by atomic mass is 35.5. The predicted molar refractivity (Wildman–Crippen MR) is 127 cm³/mol. The molecule has 3 aromatic carbocycles. The SMILES string of the molecule is Cn1nc(C(F)(F)F)c(-c2cc(C(F)(F)F)cc(C(F)(F)F)c2)c1-c1ccc(OCc2ccc(Cl)cc2)cc1O. The van der Waals surface area contributed by atoms with E-state index in [4.69, 9.17) is 16.3 Å². The lowest BCUT2D eigenvalue weighted by atomic mass is 9.94. The minimum absolute atomic E-state index is 0.0234. The summed E-state index contributed by atoms with van der Waals surface area (Å²) in [6.07, 6.45) is -15.9. The van der Waals surface area contributed by atoms with Crippen LogP contribution in [-0.4, -0.2) is 14.9 Å². The van der Waals surface area contributed by atoms with Crippen LogP contribution in [0.25, 0.3) is 22.4 Å². The Bertz CT molecular complexity index is 1510. The summed E-state index contributed by atoms with van der Waals surface area (Å²) in [5.74, 6) is -0.580. The van der Waals surface area contributed by atoms with Gasteiger partial charge in [0.15, 0.2) is 5.69 Å². The van der Waals surface area contributed by atoms with Crippen molar-refractivity contribution in [1.82, 2.24) is 9.78 Å². The molecule has 0 amide bonds. The largest absolute Gasteiger partial charge is 0.507 e. The summed E-state index contributed by atoms with van der Waals surface area (Å²) in [5.41, 5.74) is -7.68. The second kappa shape index (κ2) is 10.3. The number of phenolic OH excluding ortho intramolecular Hbond substituents is 1. The summed E-state index contributed by atoms with van der Waals surface area (Å²) in [4.78, 5) is 0. The van der Waals surface area contributed by atoms with Crippen molar-refractivity contribution in [2.45, 2.75) is 25.1 Å². The summed E-state index contributed by atoms with van der Waals surface area (Å²) in [5, 5.41) is 14.5. The molecule has 1 heterocycles. The molecule has 1 aromatic heterocycles. The van der Waals surface area contributed by atoms with Gasteiger partial charge in [-0.1, -0.05) is 23.7 Å². The maximum absolute atomic E-state index is 14.0. The Kier molecular flexibility index (Phi) is 7.48. The van der Waals surface area contributed by atoms with E-state index in [1.54, 1.807) is 24.3 Å². The topological polar surface area (TPSA) is 47.3 Å². The van der Waals surface area contributed by atoms with Crippen LogP contribution in [0.5, 0.6) is 11.5 Å². The maximum atomic E-state index is 14.0. The molecule has 0 radical (unpaired) electrons. The van der Waals surface area contributed by atoms with Crippen LogP contribution in [0, 0.1) is 0 Å². The lowest BCUT2D eigenvalue weighted by Crippen LogP contribution is -2.12. The van der Waals surface area contributed by atoms with Gasteiger partial charge in [0.2, 0.25) is 0 Å². The molecule has 0 aliphatic heterocycles. The molecule has 4 nitrogen and oxygen atoms in total. The number of hydrogen-bond acceptors (Lipinski definition) is 3. The van der Waals surface area contributed by atoms with Gasteiger partial charge in [0.05, 0.1) is 16.8 Å². The molecular formula is C26H16ClF9N2O2. The molecule has 0 saturated heterocycles. The number of hydrogen-bond donors (Lipinski definition) is 1. The third kappa shape index (κ3) is 6.14. The Morgan fingerprint density at radius 2 is 1.38 bits per heavy atom. The first-order valence-corrected chi connectivity index (χ1v) is 11.5. The molecule has 0 bridgehead atoms. The highest BCUT2D eigenvalue weighted by Gasteiger charge is 2.42. The first-order valence-electron chi connectivity index (χ1n) is 11.1. The fourth-order valence-electron chi connectivity index (χ4n) is 3.95. The van der Waals surface area contributed by atoms with Crippen LogP contribution in [0.15, 0.2) is 60.7 Å². The van der Waals surface area contributed by atoms with Crippen molar-refractivity contribution >= 4 is 11.6 Å². The van der Waals surface area contributed by atoms with E-state index in [9.17, 15) is 44.6 Å². The van der Waals surface area contributed by atoms with Crippen molar-refractivity contribution in [1.29, 1.82) is 0 Å². The third-order valence-electron chi connectivity index (χ3n) is 5.74. The number of nitrogens with zero attached hydrogens (tertiary/aromatic N) is 2. The van der Waals surface area contributed by atoms with E-state index in [1.165, 1.54) is 6.07 Å². The van der Waals surface area contributed by atoms with E-state index in [0.29, 0.717) is 15.3 Å². The van der Waals surface area contributed by atoms with Crippen LogP contribution in [0.3, 0.4) is 0 Å². The van der Waals surface area contributed by atoms with Gasteiger partial charge in [0, 0.05) is 29.3 Å². The Morgan fingerprint density at radius 3 is 1.88 bits per heavy atom. The molecule has 0 aliphatic carbocycles. The van der Waals surface area contributed by atoms with E-state index >= 15 is 0 Å². The smallest absolute Gasteiger partial charge is 0.435 e. The van der Waals surface area contributed by atoms with Gasteiger partial charge in [0.1, 0.15) is 18.1 Å². The first-order chi connectivity index (χ1) is 18.4. The molecule has 0 spiro atoms. The molecule has 14 heteroatoms. The number of alkyl halides is 9. The average molecular weight is 595 g/mol. The third-order valence-corrected chi connectivity index (χ3v) is 5.99. The molecule has 0 aliphatic rings. The van der Waals surface area contributed by atoms with E-state index in [1.807, 2.05) is 0 Å². The number of phenols is 1. The van der Waals surface area contributed by atoms with Gasteiger partial charge < -0.3 is 9.84 Å². The number of aromatic hydroxyl groups is 1. The van der Waals surface area contributed by atoms with Gasteiger partial charge in [-0.2, -0.15) is 44.6 Å². The predicted octanol–water partition coefficient (Wildman–Crippen LogP) is 8.75. The van der Waals surface area contributed by atoms with Crippen LogP contribution in [0.2, 0.25) is 5.02 Å². The molecular weight excluding hydrogens is 579 g/mol. The summed E-state index contributed by atoms with van der Waals surface area (Å²) in [7, 11) is 1.01. The number of halogens is 10. The fourth-order valence-corrected chi connectivity index (χ4v) is 4.08. The minimum atomic E-state index is -5.30.